The number of halogens is 2. The molecule has 8 nitrogen and oxygen atoms in total. The summed E-state index contributed by atoms with van der Waals surface area (Å²) in [4.78, 5) is 11.2. The van der Waals surface area contributed by atoms with Gasteiger partial charge in [0.15, 0.2) is 5.96 Å². The first-order valence-electron chi connectivity index (χ1n) is 10.1. The fourth-order valence-electron chi connectivity index (χ4n) is 3.82. The smallest absolute Gasteiger partial charge is 0.228 e. The molecule has 0 amide bonds. The average Bonchev–Trinajstić information content (AvgIpc) is 3.47. The van der Waals surface area contributed by atoms with Crippen LogP contribution in [0.5, 0.6) is 0 Å². The number of aliphatic imine (C=N–C) groups is 1. The van der Waals surface area contributed by atoms with Crippen molar-refractivity contribution in [1.29, 1.82) is 0 Å². The fraction of sp³-hybridized carbons (Fsp3) is 0.429. The van der Waals surface area contributed by atoms with Crippen LogP contribution in [0.3, 0.4) is 0 Å². The van der Waals surface area contributed by atoms with Gasteiger partial charge in [0.05, 0.1) is 6.20 Å². The molecule has 1 N–H and O–H groups in total. The van der Waals surface area contributed by atoms with Gasteiger partial charge in [-0.25, -0.2) is 0 Å². The van der Waals surface area contributed by atoms with Crippen LogP contribution in [-0.4, -0.2) is 57.5 Å². The Morgan fingerprint density at radius 2 is 2.26 bits per heavy atom. The van der Waals surface area contributed by atoms with Crippen LogP contribution in [0, 0.1) is 5.92 Å². The van der Waals surface area contributed by atoms with Gasteiger partial charge >= 0.3 is 0 Å². The van der Waals surface area contributed by atoms with Crippen molar-refractivity contribution < 1.29 is 4.52 Å². The first kappa shape index (κ1) is 23.5. The number of aromatic nitrogens is 4. The van der Waals surface area contributed by atoms with E-state index < -0.39 is 0 Å². The van der Waals surface area contributed by atoms with Gasteiger partial charge in [-0.3, -0.25) is 9.67 Å². The molecule has 1 saturated heterocycles. The Morgan fingerprint density at radius 3 is 3.00 bits per heavy atom. The van der Waals surface area contributed by atoms with Gasteiger partial charge in [-0.1, -0.05) is 28.9 Å². The molecule has 2 aromatic heterocycles. The zero-order chi connectivity index (χ0) is 20.9. The number of aryl methyl sites for hydroxylation is 1. The number of likely N-dealkylation sites (tertiary alicyclic amines) is 1. The van der Waals surface area contributed by atoms with Crippen LogP contribution < -0.4 is 5.32 Å². The maximum absolute atomic E-state index is 6.04. The molecule has 1 aliphatic rings. The van der Waals surface area contributed by atoms with Gasteiger partial charge in [0.2, 0.25) is 11.7 Å². The number of hydrogen-bond acceptors (Lipinski definition) is 5. The van der Waals surface area contributed by atoms with Gasteiger partial charge in [-0.15, -0.1) is 24.0 Å². The van der Waals surface area contributed by atoms with Crippen LogP contribution in [0.4, 0.5) is 0 Å². The van der Waals surface area contributed by atoms with Gasteiger partial charge in [0, 0.05) is 56.9 Å². The lowest BCUT2D eigenvalue weighted by Crippen LogP contribution is -2.41. The number of nitrogens with zero attached hydrogens (tertiary/aromatic N) is 6. The second kappa shape index (κ2) is 10.9. The standard InChI is InChI=1S/C21H26ClN7O.HI/c1-23-21(29-9-7-15(14-29)10-16-12-25-28(2)13-16)24-8-6-19-26-20(27-30-19)17-4-3-5-18(22)11-17;/h3-5,11-13,15H,6-10,14H2,1-2H3,(H,23,24);1H. The minimum absolute atomic E-state index is 0. The Labute approximate surface area is 204 Å². The van der Waals surface area contributed by atoms with Crippen molar-refractivity contribution in [3.63, 3.8) is 0 Å². The third kappa shape index (κ3) is 6.19. The van der Waals surface area contributed by atoms with E-state index in [1.807, 2.05) is 49.2 Å². The molecule has 166 valence electrons. The van der Waals surface area contributed by atoms with Gasteiger partial charge < -0.3 is 14.7 Å². The number of benzene rings is 1. The van der Waals surface area contributed by atoms with Crippen molar-refractivity contribution in [1.82, 2.24) is 30.1 Å². The quantitative estimate of drug-likeness (QED) is 0.285. The highest BCUT2D eigenvalue weighted by molar-refractivity contribution is 14.0. The molecule has 0 bridgehead atoms. The van der Waals surface area contributed by atoms with E-state index in [-0.39, 0.29) is 24.0 Å². The first-order valence-corrected chi connectivity index (χ1v) is 10.5. The molecule has 31 heavy (non-hydrogen) atoms. The Balaban J connectivity index is 0.00000272. The average molecular weight is 556 g/mol. The lowest BCUT2D eigenvalue weighted by Gasteiger charge is -2.21. The predicted octanol–water partition coefficient (Wildman–Crippen LogP) is 3.42. The van der Waals surface area contributed by atoms with Crippen LogP contribution in [0.1, 0.15) is 17.9 Å². The summed E-state index contributed by atoms with van der Waals surface area (Å²) < 4.78 is 7.24. The minimum Gasteiger partial charge on any atom is -0.356 e. The highest BCUT2D eigenvalue weighted by Crippen LogP contribution is 2.21. The van der Waals surface area contributed by atoms with Crippen molar-refractivity contribution in [2.75, 3.05) is 26.7 Å². The monoisotopic (exact) mass is 555 g/mol. The van der Waals surface area contributed by atoms with Crippen molar-refractivity contribution in [2.45, 2.75) is 19.3 Å². The summed E-state index contributed by atoms with van der Waals surface area (Å²) >= 11 is 6.04. The largest absolute Gasteiger partial charge is 0.356 e. The maximum atomic E-state index is 6.04. The molecule has 10 heteroatoms. The molecule has 1 unspecified atom stereocenters. The zero-order valence-corrected chi connectivity index (χ0v) is 20.7. The van der Waals surface area contributed by atoms with Crippen LogP contribution in [0.15, 0.2) is 46.2 Å². The summed E-state index contributed by atoms with van der Waals surface area (Å²) in [6, 6.07) is 7.43. The molecule has 0 aliphatic carbocycles. The molecule has 1 atom stereocenters. The number of rotatable bonds is 6. The molecule has 1 aliphatic heterocycles. The van der Waals surface area contributed by atoms with Crippen molar-refractivity contribution in [3.05, 3.63) is 53.1 Å². The molecule has 0 spiro atoms. The topological polar surface area (TPSA) is 84.4 Å². The predicted molar refractivity (Wildman–Crippen MR) is 132 cm³/mol. The summed E-state index contributed by atoms with van der Waals surface area (Å²) in [5.74, 6) is 2.67. The van der Waals surface area contributed by atoms with Crippen molar-refractivity contribution in [3.8, 4) is 11.4 Å². The van der Waals surface area contributed by atoms with Crippen molar-refractivity contribution in [2.24, 2.45) is 18.0 Å². The second-order valence-corrected chi connectivity index (χ2v) is 8.01. The van der Waals surface area contributed by atoms with Crippen LogP contribution in [-0.2, 0) is 19.9 Å². The summed E-state index contributed by atoms with van der Waals surface area (Å²) in [6.07, 6.45) is 6.88. The van der Waals surface area contributed by atoms with E-state index in [2.05, 4.69) is 36.6 Å². The summed E-state index contributed by atoms with van der Waals surface area (Å²) in [7, 11) is 3.78. The van der Waals surface area contributed by atoms with Gasteiger partial charge in [-0.05, 0) is 36.5 Å². The molecule has 0 radical (unpaired) electrons. The Morgan fingerprint density at radius 1 is 1.39 bits per heavy atom. The van der Waals surface area contributed by atoms with Crippen LogP contribution in [0.25, 0.3) is 11.4 Å². The summed E-state index contributed by atoms with van der Waals surface area (Å²) in [5, 5.41) is 12.4. The summed E-state index contributed by atoms with van der Waals surface area (Å²) in [5.41, 5.74) is 2.14. The lowest BCUT2D eigenvalue weighted by atomic mass is 10.0. The second-order valence-electron chi connectivity index (χ2n) is 7.57. The molecule has 1 fully saturated rings. The molecule has 4 rings (SSSR count). The Hall–Kier alpha value is -2.14. The Kier molecular flexibility index (Phi) is 8.30. The van der Waals surface area contributed by atoms with E-state index in [4.69, 9.17) is 16.1 Å². The minimum atomic E-state index is 0. The third-order valence-electron chi connectivity index (χ3n) is 5.25. The highest BCUT2D eigenvalue weighted by atomic mass is 127. The van der Waals surface area contributed by atoms with Crippen molar-refractivity contribution >= 4 is 41.5 Å². The van der Waals surface area contributed by atoms with E-state index in [9.17, 15) is 0 Å². The molecular formula is C21H27ClIN7O. The first-order chi connectivity index (χ1) is 14.6. The Bertz CT molecular complexity index is 1020. The molecule has 3 heterocycles. The third-order valence-corrected chi connectivity index (χ3v) is 5.49. The van der Waals surface area contributed by atoms with Gasteiger partial charge in [-0.2, -0.15) is 10.1 Å². The van der Waals surface area contributed by atoms with E-state index in [0.29, 0.717) is 35.6 Å². The zero-order valence-electron chi connectivity index (χ0n) is 17.7. The van der Waals surface area contributed by atoms with Gasteiger partial charge in [0.25, 0.3) is 0 Å². The van der Waals surface area contributed by atoms with Crippen LogP contribution in [0.2, 0.25) is 5.02 Å². The van der Waals surface area contributed by atoms with E-state index >= 15 is 0 Å². The van der Waals surface area contributed by atoms with Crippen LogP contribution >= 0.6 is 35.6 Å². The highest BCUT2D eigenvalue weighted by Gasteiger charge is 2.25. The molecule has 0 saturated carbocycles. The maximum Gasteiger partial charge on any atom is 0.228 e. The number of hydrogen-bond donors (Lipinski definition) is 1. The SMILES string of the molecule is CN=C(NCCc1nc(-c2cccc(Cl)c2)no1)N1CCC(Cc2cnn(C)c2)C1.I. The normalized spacial score (nSPS) is 16.4. The van der Waals surface area contributed by atoms with E-state index in [0.717, 1.165) is 37.5 Å². The summed E-state index contributed by atoms with van der Waals surface area (Å²) in [6.45, 7) is 2.67. The number of guanidine groups is 1. The fourth-order valence-corrected chi connectivity index (χ4v) is 4.01. The lowest BCUT2D eigenvalue weighted by molar-refractivity contribution is 0.377. The molecule has 3 aromatic rings. The van der Waals surface area contributed by atoms with E-state index in [1.54, 1.807) is 0 Å². The molecule has 1 aromatic carbocycles. The molecular weight excluding hydrogens is 529 g/mol. The number of nitrogens with one attached hydrogen (secondary N) is 1. The van der Waals surface area contributed by atoms with E-state index in [1.165, 1.54) is 5.56 Å². The van der Waals surface area contributed by atoms with Gasteiger partial charge in [0.1, 0.15) is 0 Å².